The van der Waals surface area contributed by atoms with Crippen molar-refractivity contribution in [1.82, 2.24) is 10.3 Å². The van der Waals surface area contributed by atoms with Crippen LogP contribution in [0.25, 0.3) is 0 Å². The lowest BCUT2D eigenvalue weighted by Crippen LogP contribution is -2.33. The fourth-order valence-corrected chi connectivity index (χ4v) is 3.47. The van der Waals surface area contributed by atoms with Crippen molar-refractivity contribution in [3.8, 4) is 0 Å². The Kier molecular flexibility index (Phi) is 5.45. The summed E-state index contributed by atoms with van der Waals surface area (Å²) in [5.41, 5.74) is 0. The molecule has 0 aromatic carbocycles. The summed E-state index contributed by atoms with van der Waals surface area (Å²) in [7, 11) is 2.21. The Labute approximate surface area is 115 Å². The van der Waals surface area contributed by atoms with Crippen molar-refractivity contribution in [3.63, 3.8) is 0 Å². The minimum atomic E-state index is 0.710. The summed E-state index contributed by atoms with van der Waals surface area (Å²) >= 11 is 1.84. The van der Waals surface area contributed by atoms with Crippen LogP contribution in [0.1, 0.15) is 50.3 Å². The van der Waals surface area contributed by atoms with Gasteiger partial charge in [0.05, 0.1) is 0 Å². The zero-order chi connectivity index (χ0) is 12.8. The fourth-order valence-electron chi connectivity index (χ4n) is 2.55. The first-order chi connectivity index (χ1) is 8.81. The molecule has 0 radical (unpaired) electrons. The molecule has 0 aliphatic heterocycles. The van der Waals surface area contributed by atoms with Gasteiger partial charge in [0.2, 0.25) is 0 Å². The maximum Gasteiger partial charge on any atom is 0.185 e. The summed E-state index contributed by atoms with van der Waals surface area (Å²) in [5.74, 6) is 0. The van der Waals surface area contributed by atoms with E-state index in [0.29, 0.717) is 6.04 Å². The predicted octanol–water partition coefficient (Wildman–Crippen LogP) is 3.41. The Morgan fingerprint density at radius 1 is 1.39 bits per heavy atom. The van der Waals surface area contributed by atoms with Crippen LogP contribution in [-0.4, -0.2) is 24.6 Å². The standard InChI is InChI=1S/C14H25N3S/c1-3-9-15-10-13-11-16-14(18-13)17(2)12-7-5-4-6-8-12/h11-12,15H,3-10H2,1-2H3. The molecule has 1 N–H and O–H groups in total. The van der Waals surface area contributed by atoms with Gasteiger partial charge >= 0.3 is 0 Å². The molecule has 1 aliphatic rings. The van der Waals surface area contributed by atoms with Crippen LogP contribution < -0.4 is 10.2 Å². The number of nitrogens with zero attached hydrogens (tertiary/aromatic N) is 2. The quantitative estimate of drug-likeness (QED) is 0.801. The SMILES string of the molecule is CCCNCc1cnc(N(C)C2CCCCC2)s1. The van der Waals surface area contributed by atoms with Gasteiger partial charge in [-0.15, -0.1) is 11.3 Å². The van der Waals surface area contributed by atoms with E-state index in [4.69, 9.17) is 0 Å². The van der Waals surface area contributed by atoms with Crippen molar-refractivity contribution in [2.45, 2.75) is 58.0 Å². The number of rotatable bonds is 6. The Morgan fingerprint density at radius 3 is 2.89 bits per heavy atom. The van der Waals surface area contributed by atoms with Crippen LogP contribution in [0.3, 0.4) is 0 Å². The van der Waals surface area contributed by atoms with Gasteiger partial charge in [-0.1, -0.05) is 26.2 Å². The van der Waals surface area contributed by atoms with Crippen molar-refractivity contribution in [2.75, 3.05) is 18.5 Å². The summed E-state index contributed by atoms with van der Waals surface area (Å²) in [6, 6.07) is 0.710. The largest absolute Gasteiger partial charge is 0.348 e. The molecular formula is C14H25N3S. The van der Waals surface area contributed by atoms with Crippen LogP contribution in [-0.2, 0) is 6.54 Å². The molecule has 2 rings (SSSR count). The summed E-state index contributed by atoms with van der Waals surface area (Å²) in [6.45, 7) is 4.25. The molecule has 1 aromatic rings. The first-order valence-corrected chi connectivity index (χ1v) is 8.01. The van der Waals surface area contributed by atoms with Crippen LogP contribution in [0.4, 0.5) is 5.13 Å². The van der Waals surface area contributed by atoms with Gasteiger partial charge in [0.15, 0.2) is 5.13 Å². The second kappa shape index (κ2) is 7.10. The third kappa shape index (κ3) is 3.69. The first-order valence-electron chi connectivity index (χ1n) is 7.19. The normalized spacial score (nSPS) is 17.0. The highest BCUT2D eigenvalue weighted by Gasteiger charge is 2.20. The molecule has 0 atom stereocenters. The minimum absolute atomic E-state index is 0.710. The van der Waals surface area contributed by atoms with Gasteiger partial charge in [0, 0.05) is 30.7 Å². The molecule has 0 unspecified atom stereocenters. The maximum absolute atomic E-state index is 4.57. The molecule has 0 amide bonds. The molecule has 0 spiro atoms. The van der Waals surface area contributed by atoms with E-state index in [1.807, 2.05) is 17.5 Å². The molecule has 4 heteroatoms. The van der Waals surface area contributed by atoms with Crippen molar-refractivity contribution < 1.29 is 0 Å². The van der Waals surface area contributed by atoms with Crippen LogP contribution in [0.2, 0.25) is 0 Å². The first kappa shape index (κ1) is 13.8. The van der Waals surface area contributed by atoms with E-state index < -0.39 is 0 Å². The lowest BCUT2D eigenvalue weighted by Gasteiger charge is -2.30. The van der Waals surface area contributed by atoms with Gasteiger partial charge in [-0.05, 0) is 25.8 Å². The van der Waals surface area contributed by atoms with Crippen LogP contribution in [0.15, 0.2) is 6.20 Å². The van der Waals surface area contributed by atoms with E-state index in [2.05, 4.69) is 29.2 Å². The highest BCUT2D eigenvalue weighted by molar-refractivity contribution is 7.15. The van der Waals surface area contributed by atoms with E-state index in [0.717, 1.165) is 13.1 Å². The van der Waals surface area contributed by atoms with Gasteiger partial charge in [0.25, 0.3) is 0 Å². The van der Waals surface area contributed by atoms with Gasteiger partial charge in [-0.2, -0.15) is 0 Å². The number of thiazole rings is 1. The molecule has 1 saturated carbocycles. The number of nitrogens with one attached hydrogen (secondary N) is 1. The smallest absolute Gasteiger partial charge is 0.185 e. The van der Waals surface area contributed by atoms with Crippen LogP contribution in [0, 0.1) is 0 Å². The van der Waals surface area contributed by atoms with Gasteiger partial charge in [-0.25, -0.2) is 4.98 Å². The number of aromatic nitrogens is 1. The lowest BCUT2D eigenvalue weighted by atomic mass is 9.95. The second-order valence-corrected chi connectivity index (χ2v) is 6.28. The van der Waals surface area contributed by atoms with E-state index in [9.17, 15) is 0 Å². The Bertz CT molecular complexity index is 345. The lowest BCUT2D eigenvalue weighted by molar-refractivity contribution is 0.427. The third-order valence-electron chi connectivity index (χ3n) is 3.69. The van der Waals surface area contributed by atoms with Gasteiger partial charge in [0.1, 0.15) is 0 Å². The zero-order valence-electron chi connectivity index (χ0n) is 11.6. The van der Waals surface area contributed by atoms with Crippen molar-refractivity contribution >= 4 is 16.5 Å². The van der Waals surface area contributed by atoms with E-state index in [1.54, 1.807) is 0 Å². The molecule has 1 aromatic heterocycles. The van der Waals surface area contributed by atoms with E-state index in [-0.39, 0.29) is 0 Å². The fraction of sp³-hybridized carbons (Fsp3) is 0.786. The topological polar surface area (TPSA) is 28.2 Å². The molecule has 0 bridgehead atoms. The highest BCUT2D eigenvalue weighted by Crippen LogP contribution is 2.28. The maximum atomic E-state index is 4.57. The molecule has 102 valence electrons. The average Bonchev–Trinajstić information content (AvgIpc) is 2.88. The number of hydrogen-bond donors (Lipinski definition) is 1. The van der Waals surface area contributed by atoms with Crippen LogP contribution >= 0.6 is 11.3 Å². The predicted molar refractivity (Wildman–Crippen MR) is 79.4 cm³/mol. The summed E-state index contributed by atoms with van der Waals surface area (Å²) in [4.78, 5) is 8.32. The van der Waals surface area contributed by atoms with E-state index in [1.165, 1.54) is 48.5 Å². The zero-order valence-corrected chi connectivity index (χ0v) is 12.4. The molecule has 0 saturated heterocycles. The minimum Gasteiger partial charge on any atom is -0.348 e. The van der Waals surface area contributed by atoms with Crippen molar-refractivity contribution in [3.05, 3.63) is 11.1 Å². The second-order valence-electron chi connectivity index (χ2n) is 5.19. The Morgan fingerprint density at radius 2 is 2.17 bits per heavy atom. The van der Waals surface area contributed by atoms with Crippen molar-refractivity contribution in [2.24, 2.45) is 0 Å². The van der Waals surface area contributed by atoms with Crippen molar-refractivity contribution in [1.29, 1.82) is 0 Å². The molecule has 18 heavy (non-hydrogen) atoms. The number of anilines is 1. The van der Waals surface area contributed by atoms with Gasteiger partial charge < -0.3 is 10.2 Å². The van der Waals surface area contributed by atoms with Gasteiger partial charge in [-0.3, -0.25) is 0 Å². The Balaban J connectivity index is 1.87. The van der Waals surface area contributed by atoms with E-state index >= 15 is 0 Å². The molecular weight excluding hydrogens is 242 g/mol. The molecule has 1 fully saturated rings. The summed E-state index contributed by atoms with van der Waals surface area (Å²) in [5, 5.41) is 4.63. The number of hydrogen-bond acceptors (Lipinski definition) is 4. The monoisotopic (exact) mass is 267 g/mol. The third-order valence-corrected chi connectivity index (χ3v) is 4.78. The summed E-state index contributed by atoms with van der Waals surface area (Å²) in [6.07, 6.45) is 10.1. The molecule has 3 nitrogen and oxygen atoms in total. The summed E-state index contributed by atoms with van der Waals surface area (Å²) < 4.78 is 0. The highest BCUT2D eigenvalue weighted by atomic mass is 32.1. The molecule has 1 heterocycles. The average molecular weight is 267 g/mol. The van der Waals surface area contributed by atoms with Crippen LogP contribution in [0.5, 0.6) is 0 Å². The Hall–Kier alpha value is -0.610. The molecule has 1 aliphatic carbocycles.